The molecular weight excluding hydrogens is 332 g/mol. The van der Waals surface area contributed by atoms with Gasteiger partial charge in [-0.2, -0.15) is 5.10 Å². The van der Waals surface area contributed by atoms with Crippen LogP contribution in [-0.4, -0.2) is 57.2 Å². The lowest BCUT2D eigenvalue weighted by Crippen LogP contribution is -2.56. The third kappa shape index (κ3) is 4.89. The number of aryl methyl sites for hydroxylation is 1. The zero-order chi connectivity index (χ0) is 18.4. The van der Waals surface area contributed by atoms with Crippen molar-refractivity contribution in [1.29, 1.82) is 0 Å². The minimum atomic E-state index is -0.448. The molecule has 0 bridgehead atoms. The van der Waals surface area contributed by atoms with Gasteiger partial charge in [0.1, 0.15) is 12.7 Å². The van der Waals surface area contributed by atoms with Crippen LogP contribution < -0.4 is 10.6 Å². The summed E-state index contributed by atoms with van der Waals surface area (Å²) in [5.41, 5.74) is 2.34. The number of nitrogens with zero attached hydrogens (tertiary/aromatic N) is 4. The molecular formula is C18H24N6O2. The molecule has 2 aromatic rings. The third-order valence-corrected chi connectivity index (χ3v) is 4.46. The van der Waals surface area contributed by atoms with Gasteiger partial charge in [0.05, 0.1) is 19.0 Å². The quantitative estimate of drug-likeness (QED) is 0.734. The van der Waals surface area contributed by atoms with Crippen molar-refractivity contribution in [3.05, 3.63) is 48.0 Å². The van der Waals surface area contributed by atoms with Crippen LogP contribution in [0.2, 0.25) is 0 Å². The first-order valence-electron chi connectivity index (χ1n) is 8.78. The van der Waals surface area contributed by atoms with Gasteiger partial charge in [0.25, 0.3) is 0 Å². The molecule has 8 heteroatoms. The lowest BCUT2D eigenvalue weighted by molar-refractivity contribution is -0.134. The lowest BCUT2D eigenvalue weighted by atomic mass is 10.1. The highest BCUT2D eigenvalue weighted by atomic mass is 16.2. The van der Waals surface area contributed by atoms with Crippen molar-refractivity contribution in [2.75, 3.05) is 19.6 Å². The number of amides is 2. The van der Waals surface area contributed by atoms with E-state index in [-0.39, 0.29) is 18.2 Å². The van der Waals surface area contributed by atoms with Gasteiger partial charge in [-0.1, -0.05) is 29.8 Å². The molecule has 0 aliphatic carbocycles. The molecule has 26 heavy (non-hydrogen) atoms. The molecule has 1 aliphatic rings. The molecule has 0 spiro atoms. The van der Waals surface area contributed by atoms with Gasteiger partial charge in [0.2, 0.25) is 11.8 Å². The van der Waals surface area contributed by atoms with Crippen molar-refractivity contribution in [3.63, 3.8) is 0 Å². The maximum Gasteiger partial charge on any atom is 0.237 e. The molecule has 1 aromatic carbocycles. The third-order valence-electron chi connectivity index (χ3n) is 4.46. The van der Waals surface area contributed by atoms with Crippen LogP contribution in [0.1, 0.15) is 17.5 Å². The Hall–Kier alpha value is -2.74. The number of hydrogen-bond donors (Lipinski definition) is 2. The maximum absolute atomic E-state index is 12.3. The molecule has 2 N–H and O–H groups in total. The summed E-state index contributed by atoms with van der Waals surface area (Å²) in [4.78, 5) is 30.5. The Balaban J connectivity index is 1.54. The SMILES string of the molecule is Cc1ccc(CN2CCNC(=O)C2CC(=O)NCCn2cncn2)cc1. The van der Waals surface area contributed by atoms with Crippen LogP contribution in [0.4, 0.5) is 0 Å². The largest absolute Gasteiger partial charge is 0.354 e. The summed E-state index contributed by atoms with van der Waals surface area (Å²) >= 11 is 0. The maximum atomic E-state index is 12.3. The van der Waals surface area contributed by atoms with Crippen LogP contribution in [0.25, 0.3) is 0 Å². The van der Waals surface area contributed by atoms with Gasteiger partial charge in [-0.05, 0) is 12.5 Å². The second-order valence-corrected chi connectivity index (χ2v) is 6.48. The van der Waals surface area contributed by atoms with Crippen LogP contribution in [0.3, 0.4) is 0 Å². The summed E-state index contributed by atoms with van der Waals surface area (Å²) in [6.45, 7) is 5.05. The van der Waals surface area contributed by atoms with E-state index >= 15 is 0 Å². The Labute approximate surface area is 152 Å². The lowest BCUT2D eigenvalue weighted by Gasteiger charge is -2.34. The van der Waals surface area contributed by atoms with Gasteiger partial charge in [0.15, 0.2) is 0 Å². The number of carbonyl (C=O) groups is 2. The van der Waals surface area contributed by atoms with E-state index in [9.17, 15) is 9.59 Å². The normalized spacial score (nSPS) is 17.7. The van der Waals surface area contributed by atoms with Gasteiger partial charge >= 0.3 is 0 Å². The predicted octanol–water partition coefficient (Wildman–Crippen LogP) is 0.0934. The van der Waals surface area contributed by atoms with Gasteiger partial charge in [0, 0.05) is 26.2 Å². The topological polar surface area (TPSA) is 92.2 Å². The summed E-state index contributed by atoms with van der Waals surface area (Å²) in [6.07, 6.45) is 3.20. The van der Waals surface area contributed by atoms with Crippen molar-refractivity contribution < 1.29 is 9.59 Å². The zero-order valence-electron chi connectivity index (χ0n) is 14.9. The molecule has 1 atom stereocenters. The van der Waals surface area contributed by atoms with Crippen molar-refractivity contribution in [2.45, 2.75) is 32.5 Å². The number of carbonyl (C=O) groups excluding carboxylic acids is 2. The molecule has 2 amide bonds. The van der Waals surface area contributed by atoms with Crippen LogP contribution in [-0.2, 0) is 22.7 Å². The minimum absolute atomic E-state index is 0.0882. The summed E-state index contributed by atoms with van der Waals surface area (Å²) in [6, 6.07) is 7.81. The average molecular weight is 356 g/mol. The fourth-order valence-corrected chi connectivity index (χ4v) is 3.01. The summed E-state index contributed by atoms with van der Waals surface area (Å²) in [5.74, 6) is -0.226. The van der Waals surface area contributed by atoms with Crippen LogP contribution >= 0.6 is 0 Å². The highest BCUT2D eigenvalue weighted by Gasteiger charge is 2.31. The Bertz CT molecular complexity index is 729. The van der Waals surface area contributed by atoms with E-state index in [0.717, 1.165) is 12.1 Å². The predicted molar refractivity (Wildman–Crippen MR) is 96.0 cm³/mol. The molecule has 0 saturated carbocycles. The van der Waals surface area contributed by atoms with Gasteiger partial charge in [-0.3, -0.25) is 19.2 Å². The molecule has 0 radical (unpaired) electrons. The first-order chi connectivity index (χ1) is 12.6. The zero-order valence-corrected chi connectivity index (χ0v) is 14.9. The first-order valence-corrected chi connectivity index (χ1v) is 8.78. The van der Waals surface area contributed by atoms with Crippen molar-refractivity contribution in [1.82, 2.24) is 30.3 Å². The van der Waals surface area contributed by atoms with Crippen molar-refractivity contribution in [3.8, 4) is 0 Å². The van der Waals surface area contributed by atoms with E-state index < -0.39 is 6.04 Å². The van der Waals surface area contributed by atoms with Crippen LogP contribution in [0.5, 0.6) is 0 Å². The Kier molecular flexibility index (Phi) is 5.96. The van der Waals surface area contributed by atoms with Crippen molar-refractivity contribution >= 4 is 11.8 Å². The molecule has 1 fully saturated rings. The number of benzene rings is 1. The van der Waals surface area contributed by atoms with E-state index in [1.165, 1.54) is 11.9 Å². The molecule has 1 unspecified atom stereocenters. The molecule has 3 rings (SSSR count). The second-order valence-electron chi connectivity index (χ2n) is 6.48. The highest BCUT2D eigenvalue weighted by Crippen LogP contribution is 2.14. The minimum Gasteiger partial charge on any atom is -0.354 e. The first kappa shape index (κ1) is 18.1. The van der Waals surface area contributed by atoms with E-state index in [1.54, 1.807) is 11.0 Å². The number of piperazine rings is 1. The monoisotopic (exact) mass is 356 g/mol. The molecule has 1 aromatic heterocycles. The molecule has 1 saturated heterocycles. The van der Waals surface area contributed by atoms with Gasteiger partial charge in [-0.25, -0.2) is 4.98 Å². The molecule has 1 aliphatic heterocycles. The van der Waals surface area contributed by atoms with Gasteiger partial charge in [-0.15, -0.1) is 0 Å². The molecule has 8 nitrogen and oxygen atoms in total. The summed E-state index contributed by atoms with van der Waals surface area (Å²) in [7, 11) is 0. The summed E-state index contributed by atoms with van der Waals surface area (Å²) < 4.78 is 1.65. The van der Waals surface area contributed by atoms with Gasteiger partial charge < -0.3 is 10.6 Å². The highest BCUT2D eigenvalue weighted by molar-refractivity contribution is 5.88. The second kappa shape index (κ2) is 8.57. The van der Waals surface area contributed by atoms with E-state index in [1.807, 2.05) is 6.92 Å². The Morgan fingerprint density at radius 2 is 2.15 bits per heavy atom. The fourth-order valence-electron chi connectivity index (χ4n) is 3.01. The number of rotatable bonds is 7. The van der Waals surface area contributed by atoms with E-state index in [4.69, 9.17) is 0 Å². The number of nitrogens with one attached hydrogen (secondary N) is 2. The number of aromatic nitrogens is 3. The Morgan fingerprint density at radius 1 is 1.35 bits per heavy atom. The fraction of sp³-hybridized carbons (Fsp3) is 0.444. The summed E-state index contributed by atoms with van der Waals surface area (Å²) in [5, 5.41) is 9.69. The number of hydrogen-bond acceptors (Lipinski definition) is 5. The Morgan fingerprint density at radius 3 is 2.88 bits per heavy atom. The van der Waals surface area contributed by atoms with E-state index in [0.29, 0.717) is 26.2 Å². The molecule has 138 valence electrons. The molecule has 2 heterocycles. The van der Waals surface area contributed by atoms with Crippen molar-refractivity contribution in [2.24, 2.45) is 0 Å². The standard InChI is InChI=1S/C18H24N6O2/c1-14-2-4-15(5-3-14)11-23-8-6-21-18(26)16(23)10-17(25)20-7-9-24-13-19-12-22-24/h2-5,12-13,16H,6-11H2,1H3,(H,20,25)(H,21,26). The smallest absolute Gasteiger partial charge is 0.237 e. The average Bonchev–Trinajstić information content (AvgIpc) is 3.13. The van der Waals surface area contributed by atoms with Crippen LogP contribution in [0.15, 0.2) is 36.9 Å². The van der Waals surface area contributed by atoms with E-state index in [2.05, 4.69) is 49.9 Å². The van der Waals surface area contributed by atoms with Crippen LogP contribution in [0, 0.1) is 6.92 Å².